The minimum atomic E-state index is -0.605. The van der Waals surface area contributed by atoms with Crippen LogP contribution in [-0.4, -0.2) is 41.3 Å². The summed E-state index contributed by atoms with van der Waals surface area (Å²) in [6.45, 7) is 1.26. The van der Waals surface area contributed by atoms with Crippen molar-refractivity contribution in [3.63, 3.8) is 0 Å². The van der Waals surface area contributed by atoms with Crippen molar-refractivity contribution in [2.45, 2.75) is 19.3 Å². The quantitative estimate of drug-likeness (QED) is 0.676. The minimum Gasteiger partial charge on any atom is -0.343 e. The Morgan fingerprint density at radius 2 is 1.95 bits per heavy atom. The Morgan fingerprint density at radius 1 is 1.27 bits per heavy atom. The summed E-state index contributed by atoms with van der Waals surface area (Å²) in [6, 6.07) is 3.61. The Kier molecular flexibility index (Phi) is 5.32. The second-order valence-corrected chi connectivity index (χ2v) is 5.45. The van der Waals surface area contributed by atoms with Crippen LogP contribution in [0.2, 0.25) is 5.02 Å². The van der Waals surface area contributed by atoms with Gasteiger partial charge in [0.2, 0.25) is 5.91 Å². The van der Waals surface area contributed by atoms with Gasteiger partial charge >= 0.3 is 0 Å². The molecule has 1 saturated heterocycles. The summed E-state index contributed by atoms with van der Waals surface area (Å²) in [5, 5.41) is 13.3. The van der Waals surface area contributed by atoms with Crippen LogP contribution in [0.25, 0.3) is 0 Å². The molecule has 0 aromatic heterocycles. The van der Waals surface area contributed by atoms with Gasteiger partial charge in [-0.25, -0.2) is 0 Å². The van der Waals surface area contributed by atoms with E-state index in [9.17, 15) is 19.7 Å². The van der Waals surface area contributed by atoms with E-state index in [4.69, 9.17) is 11.6 Å². The Morgan fingerprint density at radius 3 is 2.59 bits per heavy atom. The van der Waals surface area contributed by atoms with E-state index in [2.05, 4.69) is 5.32 Å². The van der Waals surface area contributed by atoms with Crippen molar-refractivity contribution in [2.75, 3.05) is 19.6 Å². The first-order valence-corrected chi connectivity index (χ1v) is 7.37. The summed E-state index contributed by atoms with van der Waals surface area (Å²) in [5.74, 6) is -0.756. The third kappa shape index (κ3) is 3.94. The van der Waals surface area contributed by atoms with E-state index in [0.29, 0.717) is 13.1 Å². The van der Waals surface area contributed by atoms with Crippen LogP contribution in [0.3, 0.4) is 0 Å². The number of nitro groups is 1. The number of nitrogens with zero attached hydrogens (tertiary/aromatic N) is 2. The highest BCUT2D eigenvalue weighted by molar-refractivity contribution is 6.34. The molecule has 1 N–H and O–H groups in total. The first-order valence-electron chi connectivity index (χ1n) is 6.99. The Labute approximate surface area is 132 Å². The second kappa shape index (κ2) is 7.22. The van der Waals surface area contributed by atoms with Crippen LogP contribution in [0, 0.1) is 10.1 Å². The Bertz CT molecular complexity index is 600. The normalized spacial score (nSPS) is 14.5. The van der Waals surface area contributed by atoms with Gasteiger partial charge in [-0.05, 0) is 25.3 Å². The highest BCUT2D eigenvalue weighted by Gasteiger charge is 2.19. The Hall–Kier alpha value is -2.15. The topological polar surface area (TPSA) is 92.6 Å². The number of nitrogens with one attached hydrogen (secondary N) is 1. The summed E-state index contributed by atoms with van der Waals surface area (Å²) in [7, 11) is 0. The number of carbonyl (C=O) groups is 2. The van der Waals surface area contributed by atoms with Gasteiger partial charge in [0.05, 0.1) is 22.1 Å². The summed E-state index contributed by atoms with van der Waals surface area (Å²) >= 11 is 5.88. The SMILES string of the molecule is O=C(NCC(=O)N1CCCCC1)c1cc([N+](=O)[O-])ccc1Cl. The summed E-state index contributed by atoms with van der Waals surface area (Å²) in [4.78, 5) is 35.8. The maximum Gasteiger partial charge on any atom is 0.270 e. The lowest BCUT2D eigenvalue weighted by Crippen LogP contribution is -2.42. The zero-order valence-corrected chi connectivity index (χ0v) is 12.6. The second-order valence-electron chi connectivity index (χ2n) is 5.05. The predicted molar refractivity (Wildman–Crippen MR) is 80.9 cm³/mol. The van der Waals surface area contributed by atoms with Gasteiger partial charge in [0, 0.05) is 25.2 Å². The molecule has 1 aliphatic rings. The van der Waals surface area contributed by atoms with E-state index in [1.165, 1.54) is 12.1 Å². The van der Waals surface area contributed by atoms with Crippen molar-refractivity contribution < 1.29 is 14.5 Å². The molecule has 8 heteroatoms. The molecule has 0 saturated carbocycles. The van der Waals surface area contributed by atoms with E-state index in [-0.39, 0.29) is 28.7 Å². The van der Waals surface area contributed by atoms with E-state index in [0.717, 1.165) is 25.3 Å². The molecule has 22 heavy (non-hydrogen) atoms. The van der Waals surface area contributed by atoms with Gasteiger partial charge in [-0.15, -0.1) is 0 Å². The molecule has 1 aromatic carbocycles. The maximum atomic E-state index is 12.0. The van der Waals surface area contributed by atoms with Crippen LogP contribution in [0.5, 0.6) is 0 Å². The molecule has 1 aromatic rings. The molecule has 2 rings (SSSR count). The minimum absolute atomic E-state index is 0.0117. The smallest absolute Gasteiger partial charge is 0.270 e. The first-order chi connectivity index (χ1) is 10.5. The number of piperidine rings is 1. The number of amides is 2. The van der Waals surface area contributed by atoms with Gasteiger partial charge in [-0.2, -0.15) is 0 Å². The molecule has 118 valence electrons. The number of likely N-dealkylation sites (tertiary alicyclic amines) is 1. The highest BCUT2D eigenvalue weighted by Crippen LogP contribution is 2.21. The average molecular weight is 326 g/mol. The third-order valence-corrected chi connectivity index (χ3v) is 3.84. The number of nitro benzene ring substituents is 1. The van der Waals surface area contributed by atoms with Gasteiger partial charge in [0.1, 0.15) is 0 Å². The molecule has 7 nitrogen and oxygen atoms in total. The summed E-state index contributed by atoms with van der Waals surface area (Å²) in [6.07, 6.45) is 3.05. The third-order valence-electron chi connectivity index (χ3n) is 3.51. The lowest BCUT2D eigenvalue weighted by Gasteiger charge is -2.26. The van der Waals surface area contributed by atoms with Crippen LogP contribution in [0.1, 0.15) is 29.6 Å². The van der Waals surface area contributed by atoms with Gasteiger partial charge in [0.15, 0.2) is 0 Å². The van der Waals surface area contributed by atoms with Crippen LogP contribution in [-0.2, 0) is 4.79 Å². The fourth-order valence-electron chi connectivity index (χ4n) is 2.31. The van der Waals surface area contributed by atoms with Crippen molar-refractivity contribution in [3.8, 4) is 0 Å². The van der Waals surface area contributed by atoms with E-state index >= 15 is 0 Å². The van der Waals surface area contributed by atoms with Crippen molar-refractivity contribution in [1.82, 2.24) is 10.2 Å². The van der Waals surface area contributed by atoms with E-state index in [1.54, 1.807) is 4.90 Å². The molecule has 2 amide bonds. The van der Waals surface area contributed by atoms with Crippen LogP contribution >= 0.6 is 11.6 Å². The van der Waals surface area contributed by atoms with Gasteiger partial charge < -0.3 is 10.2 Å². The monoisotopic (exact) mass is 325 g/mol. The standard InChI is InChI=1S/C14H16ClN3O4/c15-12-5-4-10(18(21)22)8-11(12)14(20)16-9-13(19)17-6-2-1-3-7-17/h4-5,8H,1-3,6-7,9H2,(H,16,20). The molecule has 0 radical (unpaired) electrons. The van der Waals surface area contributed by atoms with Crippen molar-refractivity contribution in [2.24, 2.45) is 0 Å². The molecule has 0 atom stereocenters. The molecule has 1 heterocycles. The van der Waals surface area contributed by atoms with Crippen molar-refractivity contribution in [3.05, 3.63) is 38.9 Å². The molecule has 0 spiro atoms. The molecule has 0 bridgehead atoms. The van der Waals surface area contributed by atoms with Crippen LogP contribution in [0.15, 0.2) is 18.2 Å². The summed E-state index contributed by atoms with van der Waals surface area (Å²) in [5.41, 5.74) is -0.237. The number of hydrogen-bond donors (Lipinski definition) is 1. The maximum absolute atomic E-state index is 12.0. The summed E-state index contributed by atoms with van der Waals surface area (Å²) < 4.78 is 0. The molecule has 1 aliphatic heterocycles. The number of rotatable bonds is 4. The predicted octanol–water partition coefficient (Wildman–Crippen LogP) is 1.99. The molecular formula is C14H16ClN3O4. The van der Waals surface area contributed by atoms with E-state index in [1.807, 2.05) is 0 Å². The van der Waals surface area contributed by atoms with Crippen molar-refractivity contribution in [1.29, 1.82) is 0 Å². The Balaban J connectivity index is 1.98. The highest BCUT2D eigenvalue weighted by atomic mass is 35.5. The van der Waals surface area contributed by atoms with Crippen LogP contribution in [0.4, 0.5) is 5.69 Å². The van der Waals surface area contributed by atoms with Gasteiger partial charge in [-0.3, -0.25) is 19.7 Å². The molecular weight excluding hydrogens is 310 g/mol. The number of non-ortho nitro benzene ring substituents is 1. The van der Waals surface area contributed by atoms with Gasteiger partial charge in [-0.1, -0.05) is 11.6 Å². The van der Waals surface area contributed by atoms with E-state index < -0.39 is 10.8 Å². The number of hydrogen-bond acceptors (Lipinski definition) is 4. The average Bonchev–Trinajstić information content (AvgIpc) is 2.53. The molecule has 1 fully saturated rings. The fourth-order valence-corrected chi connectivity index (χ4v) is 2.51. The first kappa shape index (κ1) is 16.2. The largest absolute Gasteiger partial charge is 0.343 e. The molecule has 0 aliphatic carbocycles. The van der Waals surface area contributed by atoms with Crippen LogP contribution < -0.4 is 5.32 Å². The lowest BCUT2D eigenvalue weighted by molar-refractivity contribution is -0.384. The fraction of sp³-hybridized carbons (Fsp3) is 0.429. The lowest BCUT2D eigenvalue weighted by atomic mass is 10.1. The number of benzene rings is 1. The van der Waals surface area contributed by atoms with Gasteiger partial charge in [0.25, 0.3) is 11.6 Å². The zero-order chi connectivity index (χ0) is 16.1. The number of halogens is 1. The molecule has 0 unspecified atom stereocenters. The van der Waals surface area contributed by atoms with Crippen molar-refractivity contribution >= 4 is 29.1 Å². The number of carbonyl (C=O) groups excluding carboxylic acids is 2. The zero-order valence-electron chi connectivity index (χ0n) is 11.9.